The second-order valence-corrected chi connectivity index (χ2v) is 8.72. The summed E-state index contributed by atoms with van der Waals surface area (Å²) in [6, 6.07) is 12.2. The van der Waals surface area contributed by atoms with Crippen molar-refractivity contribution in [2.24, 2.45) is 5.92 Å². The first-order chi connectivity index (χ1) is 13.6. The molecule has 0 aliphatic carbocycles. The maximum absolute atomic E-state index is 12.7. The van der Waals surface area contributed by atoms with Crippen LogP contribution in [0.3, 0.4) is 0 Å². The van der Waals surface area contributed by atoms with Gasteiger partial charge < -0.3 is 16.0 Å². The molecule has 4 N–H and O–H groups in total. The van der Waals surface area contributed by atoms with E-state index in [0.29, 0.717) is 16.9 Å². The Morgan fingerprint density at radius 1 is 0.931 bits per heavy atom. The number of carbonyl (C=O) groups excluding carboxylic acids is 2. The molecule has 0 saturated heterocycles. The monoisotopic (exact) mass is 418 g/mol. The van der Waals surface area contributed by atoms with Crippen LogP contribution in [0.5, 0.6) is 0 Å². The zero-order chi connectivity index (χ0) is 21.6. The lowest BCUT2D eigenvalue weighted by Gasteiger charge is -2.22. The molecule has 0 aliphatic heterocycles. The van der Waals surface area contributed by atoms with Crippen LogP contribution in [0.4, 0.5) is 16.2 Å². The minimum absolute atomic E-state index is 0.0775. The molecule has 0 fully saturated rings. The zero-order valence-electron chi connectivity index (χ0n) is 16.8. The summed E-state index contributed by atoms with van der Waals surface area (Å²) >= 11 is 0. The van der Waals surface area contributed by atoms with Crippen LogP contribution in [0.1, 0.15) is 19.4 Å². The van der Waals surface area contributed by atoms with Crippen LogP contribution in [-0.2, 0) is 14.8 Å². The Hall–Kier alpha value is -2.91. The third kappa shape index (κ3) is 6.03. The number of anilines is 2. The van der Waals surface area contributed by atoms with Gasteiger partial charge in [0, 0.05) is 11.4 Å². The van der Waals surface area contributed by atoms with Gasteiger partial charge in [-0.15, -0.1) is 0 Å². The van der Waals surface area contributed by atoms with Crippen molar-refractivity contribution in [2.75, 3.05) is 17.7 Å². The fourth-order valence-electron chi connectivity index (χ4n) is 2.66. The van der Waals surface area contributed by atoms with Gasteiger partial charge in [-0.05, 0) is 49.7 Å². The van der Waals surface area contributed by atoms with Crippen LogP contribution in [0.2, 0.25) is 0 Å². The van der Waals surface area contributed by atoms with Crippen molar-refractivity contribution < 1.29 is 18.0 Å². The molecule has 0 aromatic heterocycles. The Labute approximate surface area is 171 Å². The van der Waals surface area contributed by atoms with E-state index in [4.69, 9.17) is 0 Å². The SMILES string of the molecule is CNS(=O)(=O)c1cc(NC(=O)[C@H](NC(=O)Nc2ccccc2)C(C)C)ccc1C. The van der Waals surface area contributed by atoms with E-state index in [1.54, 1.807) is 57.2 Å². The lowest BCUT2D eigenvalue weighted by molar-refractivity contribution is -0.118. The van der Waals surface area contributed by atoms with Crippen molar-refractivity contribution in [3.05, 3.63) is 54.1 Å². The smallest absolute Gasteiger partial charge is 0.319 e. The van der Waals surface area contributed by atoms with Crippen molar-refractivity contribution in [1.82, 2.24) is 10.0 Å². The van der Waals surface area contributed by atoms with Crippen LogP contribution >= 0.6 is 0 Å². The minimum Gasteiger partial charge on any atom is -0.326 e. The highest BCUT2D eigenvalue weighted by Gasteiger charge is 2.25. The maximum atomic E-state index is 12.7. The van der Waals surface area contributed by atoms with Gasteiger partial charge in [-0.2, -0.15) is 0 Å². The lowest BCUT2D eigenvalue weighted by Crippen LogP contribution is -2.48. The number of rotatable bonds is 7. The Morgan fingerprint density at radius 2 is 1.59 bits per heavy atom. The molecule has 0 aliphatic rings. The first kappa shape index (κ1) is 22.4. The summed E-state index contributed by atoms with van der Waals surface area (Å²) in [5.41, 5.74) is 1.48. The molecule has 8 nitrogen and oxygen atoms in total. The Morgan fingerprint density at radius 3 is 2.17 bits per heavy atom. The molecular formula is C20H26N4O4S. The number of aryl methyl sites for hydroxylation is 1. The second-order valence-electron chi connectivity index (χ2n) is 6.86. The first-order valence-electron chi connectivity index (χ1n) is 9.11. The summed E-state index contributed by atoms with van der Waals surface area (Å²) in [7, 11) is -2.33. The number of hydrogen-bond acceptors (Lipinski definition) is 4. The molecule has 29 heavy (non-hydrogen) atoms. The van der Waals surface area contributed by atoms with Crippen molar-refractivity contribution in [3.63, 3.8) is 0 Å². The number of benzene rings is 2. The molecular weight excluding hydrogens is 392 g/mol. The average Bonchev–Trinajstić information content (AvgIpc) is 2.68. The van der Waals surface area contributed by atoms with Gasteiger partial charge >= 0.3 is 6.03 Å². The number of hydrogen-bond donors (Lipinski definition) is 4. The molecule has 156 valence electrons. The highest BCUT2D eigenvalue weighted by molar-refractivity contribution is 7.89. The predicted molar refractivity (Wildman–Crippen MR) is 113 cm³/mol. The van der Waals surface area contributed by atoms with Crippen LogP contribution in [-0.4, -0.2) is 33.4 Å². The molecule has 0 spiro atoms. The molecule has 2 aromatic carbocycles. The van der Waals surface area contributed by atoms with Crippen molar-refractivity contribution in [2.45, 2.75) is 31.7 Å². The standard InChI is InChI=1S/C20H26N4O4S/c1-13(2)18(24-20(26)23-15-8-6-5-7-9-15)19(25)22-16-11-10-14(3)17(12-16)29(27,28)21-4/h5-13,18,21H,1-4H3,(H,22,25)(H2,23,24,26)/t18-/m1/s1. The van der Waals surface area contributed by atoms with E-state index in [-0.39, 0.29) is 10.8 Å². The summed E-state index contributed by atoms with van der Waals surface area (Å²) in [5.74, 6) is -0.637. The number of para-hydroxylation sites is 1. The van der Waals surface area contributed by atoms with Gasteiger partial charge in [0.15, 0.2) is 0 Å². The third-order valence-electron chi connectivity index (χ3n) is 4.28. The second kappa shape index (κ2) is 9.53. The highest BCUT2D eigenvalue weighted by Crippen LogP contribution is 2.20. The van der Waals surface area contributed by atoms with E-state index < -0.39 is 28.0 Å². The molecule has 2 aromatic rings. The number of amides is 3. The Balaban J connectivity index is 2.14. The fraction of sp³-hybridized carbons (Fsp3) is 0.300. The zero-order valence-corrected chi connectivity index (χ0v) is 17.6. The summed E-state index contributed by atoms with van der Waals surface area (Å²) in [4.78, 5) is 25.1. The van der Waals surface area contributed by atoms with E-state index in [2.05, 4.69) is 20.7 Å². The van der Waals surface area contributed by atoms with E-state index in [1.807, 2.05) is 6.07 Å². The summed E-state index contributed by atoms with van der Waals surface area (Å²) in [6.45, 7) is 5.28. The summed E-state index contributed by atoms with van der Waals surface area (Å²) in [5, 5.41) is 8.01. The molecule has 3 amide bonds. The van der Waals surface area contributed by atoms with Crippen LogP contribution in [0, 0.1) is 12.8 Å². The summed E-state index contributed by atoms with van der Waals surface area (Å²) < 4.78 is 26.5. The van der Waals surface area contributed by atoms with Gasteiger partial charge in [0.25, 0.3) is 0 Å². The quantitative estimate of drug-likeness (QED) is 0.553. The molecule has 0 unspecified atom stereocenters. The lowest BCUT2D eigenvalue weighted by atomic mass is 10.0. The highest BCUT2D eigenvalue weighted by atomic mass is 32.2. The Bertz CT molecular complexity index is 975. The average molecular weight is 419 g/mol. The Kier molecular flexibility index (Phi) is 7.35. The maximum Gasteiger partial charge on any atom is 0.319 e. The van der Waals surface area contributed by atoms with Gasteiger partial charge in [0.2, 0.25) is 15.9 Å². The van der Waals surface area contributed by atoms with Gasteiger partial charge in [0.1, 0.15) is 6.04 Å². The van der Waals surface area contributed by atoms with E-state index in [0.717, 1.165) is 0 Å². The van der Waals surface area contributed by atoms with Crippen molar-refractivity contribution in [3.8, 4) is 0 Å². The molecule has 9 heteroatoms. The number of carbonyl (C=O) groups is 2. The molecule has 0 radical (unpaired) electrons. The normalized spacial score (nSPS) is 12.3. The number of sulfonamides is 1. The molecule has 0 heterocycles. The van der Waals surface area contributed by atoms with E-state index in [1.165, 1.54) is 13.1 Å². The molecule has 0 saturated carbocycles. The number of nitrogens with one attached hydrogen (secondary N) is 4. The van der Waals surface area contributed by atoms with E-state index in [9.17, 15) is 18.0 Å². The van der Waals surface area contributed by atoms with Gasteiger partial charge in [-0.25, -0.2) is 17.9 Å². The number of urea groups is 1. The van der Waals surface area contributed by atoms with Crippen LogP contribution in [0.15, 0.2) is 53.4 Å². The fourth-order valence-corrected chi connectivity index (χ4v) is 3.66. The molecule has 0 bridgehead atoms. The third-order valence-corrected chi connectivity index (χ3v) is 5.84. The summed E-state index contributed by atoms with van der Waals surface area (Å²) in [6.07, 6.45) is 0. The van der Waals surface area contributed by atoms with Crippen molar-refractivity contribution >= 4 is 33.3 Å². The van der Waals surface area contributed by atoms with Crippen LogP contribution < -0.4 is 20.7 Å². The topological polar surface area (TPSA) is 116 Å². The van der Waals surface area contributed by atoms with Gasteiger partial charge in [-0.3, -0.25) is 4.79 Å². The van der Waals surface area contributed by atoms with Gasteiger partial charge in [0.05, 0.1) is 4.90 Å². The van der Waals surface area contributed by atoms with Crippen molar-refractivity contribution in [1.29, 1.82) is 0 Å². The van der Waals surface area contributed by atoms with E-state index >= 15 is 0 Å². The van der Waals surface area contributed by atoms with Gasteiger partial charge in [-0.1, -0.05) is 38.1 Å². The molecule has 1 atom stereocenters. The minimum atomic E-state index is -3.66. The predicted octanol–water partition coefficient (Wildman–Crippen LogP) is 2.69. The first-order valence-corrected chi connectivity index (χ1v) is 10.6. The largest absolute Gasteiger partial charge is 0.326 e. The molecule has 2 rings (SSSR count). The van der Waals surface area contributed by atoms with Crippen LogP contribution in [0.25, 0.3) is 0 Å².